The molecule has 0 atom stereocenters. The summed E-state index contributed by atoms with van der Waals surface area (Å²) < 4.78 is 0. The Morgan fingerprint density at radius 3 is 2.62 bits per heavy atom. The van der Waals surface area contributed by atoms with E-state index in [0.717, 1.165) is 5.56 Å². The van der Waals surface area contributed by atoms with E-state index >= 15 is 0 Å². The van der Waals surface area contributed by atoms with Gasteiger partial charge in [0, 0.05) is 35.3 Å². The average Bonchev–Trinajstić information content (AvgIpc) is 2.43. The Hall–Kier alpha value is -2.11. The molecule has 0 fully saturated rings. The Bertz CT molecular complexity index is 654. The third-order valence-electron chi connectivity index (χ3n) is 3.33. The van der Waals surface area contributed by atoms with Crippen LogP contribution in [-0.2, 0) is 13.1 Å². The Morgan fingerprint density at radius 1 is 1.24 bits per heavy atom. The molecule has 21 heavy (non-hydrogen) atoms. The summed E-state index contributed by atoms with van der Waals surface area (Å²) in [7, 11) is 0. The van der Waals surface area contributed by atoms with Crippen molar-refractivity contribution in [2.24, 2.45) is 0 Å². The first kappa shape index (κ1) is 15.3. The average molecular weight is 307 g/mol. The minimum absolute atomic E-state index is 0.106. The van der Waals surface area contributed by atoms with E-state index < -0.39 is 4.92 Å². The predicted octanol–water partition coefficient (Wildman–Crippen LogP) is 3.55. The predicted molar refractivity (Wildman–Crippen MR) is 81.5 cm³/mol. The maximum atomic E-state index is 10.9. The van der Waals surface area contributed by atoms with E-state index in [0.29, 0.717) is 29.2 Å². The Kier molecular flexibility index (Phi) is 4.77. The SMILES string of the molecule is Cc1c(CNCc2c(O)cccc2Cl)cccc1[N+](=O)[O-]. The molecule has 0 aliphatic rings. The number of hydrogen-bond donors (Lipinski definition) is 2. The summed E-state index contributed by atoms with van der Waals surface area (Å²) in [6.07, 6.45) is 0. The lowest BCUT2D eigenvalue weighted by atomic mass is 10.1. The summed E-state index contributed by atoms with van der Waals surface area (Å²) in [5.74, 6) is 0.130. The maximum absolute atomic E-state index is 10.9. The molecule has 2 aromatic rings. The van der Waals surface area contributed by atoms with Crippen LogP contribution >= 0.6 is 11.6 Å². The largest absolute Gasteiger partial charge is 0.508 e. The zero-order chi connectivity index (χ0) is 15.4. The van der Waals surface area contributed by atoms with Crippen LogP contribution in [0.3, 0.4) is 0 Å². The molecule has 0 aromatic heterocycles. The molecule has 0 radical (unpaired) electrons. The van der Waals surface area contributed by atoms with Crippen LogP contribution in [0.2, 0.25) is 5.02 Å². The lowest BCUT2D eigenvalue weighted by molar-refractivity contribution is -0.385. The number of nitrogens with zero attached hydrogens (tertiary/aromatic N) is 1. The molecule has 0 heterocycles. The van der Waals surface area contributed by atoms with Gasteiger partial charge < -0.3 is 10.4 Å². The molecule has 6 heteroatoms. The van der Waals surface area contributed by atoms with Crippen LogP contribution in [-0.4, -0.2) is 10.0 Å². The third-order valence-corrected chi connectivity index (χ3v) is 3.68. The quantitative estimate of drug-likeness (QED) is 0.654. The summed E-state index contributed by atoms with van der Waals surface area (Å²) in [6, 6.07) is 9.93. The van der Waals surface area contributed by atoms with Crippen LogP contribution < -0.4 is 5.32 Å². The fraction of sp³-hybridized carbons (Fsp3) is 0.200. The van der Waals surface area contributed by atoms with Crippen molar-refractivity contribution in [2.45, 2.75) is 20.0 Å². The van der Waals surface area contributed by atoms with Gasteiger partial charge in [0.1, 0.15) is 5.75 Å². The number of benzene rings is 2. The Balaban J connectivity index is 2.08. The number of hydrogen-bond acceptors (Lipinski definition) is 4. The first-order valence-electron chi connectivity index (χ1n) is 6.40. The van der Waals surface area contributed by atoms with Crippen molar-refractivity contribution >= 4 is 17.3 Å². The minimum Gasteiger partial charge on any atom is -0.508 e. The van der Waals surface area contributed by atoms with Gasteiger partial charge in [-0.15, -0.1) is 0 Å². The van der Waals surface area contributed by atoms with E-state index in [1.54, 1.807) is 31.2 Å². The van der Waals surface area contributed by atoms with E-state index in [2.05, 4.69) is 5.32 Å². The van der Waals surface area contributed by atoms with Crippen LogP contribution in [0.1, 0.15) is 16.7 Å². The first-order chi connectivity index (χ1) is 10.0. The van der Waals surface area contributed by atoms with Crippen molar-refractivity contribution in [1.82, 2.24) is 5.32 Å². The molecule has 0 aliphatic heterocycles. The highest BCUT2D eigenvalue weighted by molar-refractivity contribution is 6.31. The molecule has 0 saturated heterocycles. The topological polar surface area (TPSA) is 75.4 Å². The van der Waals surface area contributed by atoms with Gasteiger partial charge in [-0.2, -0.15) is 0 Å². The maximum Gasteiger partial charge on any atom is 0.272 e. The zero-order valence-electron chi connectivity index (χ0n) is 11.5. The summed E-state index contributed by atoms with van der Waals surface area (Å²) in [5.41, 5.74) is 2.20. The number of nitrogens with one attached hydrogen (secondary N) is 1. The van der Waals surface area contributed by atoms with Gasteiger partial charge in [0.15, 0.2) is 0 Å². The van der Waals surface area contributed by atoms with E-state index in [1.165, 1.54) is 6.07 Å². The number of rotatable bonds is 5. The van der Waals surface area contributed by atoms with E-state index in [4.69, 9.17) is 11.6 Å². The highest BCUT2D eigenvalue weighted by Crippen LogP contribution is 2.25. The first-order valence-corrected chi connectivity index (χ1v) is 6.78. The van der Waals surface area contributed by atoms with Crippen molar-refractivity contribution in [2.75, 3.05) is 0 Å². The fourth-order valence-electron chi connectivity index (χ4n) is 2.10. The van der Waals surface area contributed by atoms with Gasteiger partial charge in [0.05, 0.1) is 4.92 Å². The van der Waals surface area contributed by atoms with Gasteiger partial charge in [0.2, 0.25) is 0 Å². The number of phenolic OH excluding ortho intramolecular Hbond substituents is 1. The van der Waals surface area contributed by atoms with Crippen LogP contribution in [0.25, 0.3) is 0 Å². The molecular formula is C15H15ClN2O3. The Morgan fingerprint density at radius 2 is 1.95 bits per heavy atom. The highest BCUT2D eigenvalue weighted by Gasteiger charge is 2.13. The highest BCUT2D eigenvalue weighted by atomic mass is 35.5. The van der Waals surface area contributed by atoms with Gasteiger partial charge in [-0.25, -0.2) is 0 Å². The van der Waals surface area contributed by atoms with Gasteiger partial charge in [-0.05, 0) is 24.6 Å². The molecule has 0 spiro atoms. The van der Waals surface area contributed by atoms with E-state index in [-0.39, 0.29) is 11.4 Å². The van der Waals surface area contributed by atoms with Crippen molar-refractivity contribution in [3.63, 3.8) is 0 Å². The second-order valence-electron chi connectivity index (χ2n) is 4.66. The number of nitro groups is 1. The van der Waals surface area contributed by atoms with Crippen LogP contribution in [0.4, 0.5) is 5.69 Å². The zero-order valence-corrected chi connectivity index (χ0v) is 12.2. The lowest BCUT2D eigenvalue weighted by Gasteiger charge is -2.10. The second-order valence-corrected chi connectivity index (χ2v) is 5.07. The molecule has 5 nitrogen and oxygen atoms in total. The van der Waals surface area contributed by atoms with Gasteiger partial charge >= 0.3 is 0 Å². The summed E-state index contributed by atoms with van der Waals surface area (Å²) in [4.78, 5) is 10.5. The molecule has 0 amide bonds. The fourth-order valence-corrected chi connectivity index (χ4v) is 2.34. The van der Waals surface area contributed by atoms with Gasteiger partial charge in [-0.3, -0.25) is 10.1 Å². The molecule has 110 valence electrons. The molecule has 2 aromatic carbocycles. The summed E-state index contributed by atoms with van der Waals surface area (Å²) in [5, 5.41) is 24.3. The number of aromatic hydroxyl groups is 1. The molecule has 0 saturated carbocycles. The van der Waals surface area contributed by atoms with E-state index in [1.807, 2.05) is 6.07 Å². The third kappa shape index (κ3) is 3.51. The number of halogens is 1. The molecule has 2 N–H and O–H groups in total. The van der Waals surface area contributed by atoms with Crippen LogP contribution in [0.5, 0.6) is 5.75 Å². The van der Waals surface area contributed by atoms with Gasteiger partial charge in [-0.1, -0.05) is 29.8 Å². The second kappa shape index (κ2) is 6.56. The van der Waals surface area contributed by atoms with Crippen LogP contribution in [0, 0.1) is 17.0 Å². The van der Waals surface area contributed by atoms with Crippen molar-refractivity contribution < 1.29 is 10.0 Å². The van der Waals surface area contributed by atoms with E-state index in [9.17, 15) is 15.2 Å². The molecule has 0 bridgehead atoms. The summed E-state index contributed by atoms with van der Waals surface area (Å²) >= 11 is 6.02. The number of phenols is 1. The molecule has 0 aliphatic carbocycles. The van der Waals surface area contributed by atoms with Crippen molar-refractivity contribution in [1.29, 1.82) is 0 Å². The minimum atomic E-state index is -0.390. The Labute approximate surface area is 127 Å². The van der Waals surface area contributed by atoms with Gasteiger partial charge in [0.25, 0.3) is 5.69 Å². The normalized spacial score (nSPS) is 10.6. The van der Waals surface area contributed by atoms with Crippen molar-refractivity contribution in [3.8, 4) is 5.75 Å². The lowest BCUT2D eigenvalue weighted by Crippen LogP contribution is -2.14. The smallest absolute Gasteiger partial charge is 0.272 e. The molecule has 2 rings (SSSR count). The molecule has 0 unspecified atom stereocenters. The molecular weight excluding hydrogens is 292 g/mol. The monoisotopic (exact) mass is 306 g/mol. The number of nitro benzene ring substituents is 1. The van der Waals surface area contributed by atoms with Crippen LogP contribution in [0.15, 0.2) is 36.4 Å². The van der Waals surface area contributed by atoms with Crippen molar-refractivity contribution in [3.05, 3.63) is 68.2 Å². The standard InChI is InChI=1S/C15H15ClN2O3/c1-10-11(4-2-6-14(10)18(20)21)8-17-9-12-13(16)5-3-7-15(12)19/h2-7,17,19H,8-9H2,1H3. The summed E-state index contributed by atoms with van der Waals surface area (Å²) in [6.45, 7) is 2.56.